The van der Waals surface area contributed by atoms with Gasteiger partial charge in [0.15, 0.2) is 6.61 Å². The molecule has 9 heteroatoms. The van der Waals surface area contributed by atoms with E-state index in [4.69, 9.17) is 9.88 Å². The molecule has 0 spiro atoms. The highest BCUT2D eigenvalue weighted by Gasteiger charge is 2.19. The predicted molar refractivity (Wildman–Crippen MR) is 122 cm³/mol. The number of carbonyl (C=O) groups is 2. The molecule has 1 heterocycles. The van der Waals surface area contributed by atoms with Gasteiger partial charge in [0.1, 0.15) is 0 Å². The van der Waals surface area contributed by atoms with Crippen LogP contribution in [0.1, 0.15) is 32.1 Å². The van der Waals surface area contributed by atoms with E-state index in [2.05, 4.69) is 0 Å². The molecule has 0 atom stereocenters. The zero-order chi connectivity index (χ0) is 23.6. The van der Waals surface area contributed by atoms with Crippen molar-refractivity contribution in [2.45, 2.75) is 18.7 Å². The lowest BCUT2D eigenvalue weighted by Crippen LogP contribution is -2.15. The Labute approximate surface area is 187 Å². The second-order valence-electron chi connectivity index (χ2n) is 7.60. The summed E-state index contributed by atoms with van der Waals surface area (Å²) in [6.07, 6.45) is 0. The van der Waals surface area contributed by atoms with Crippen LogP contribution in [0.5, 0.6) is 0 Å². The highest BCUT2D eigenvalue weighted by Crippen LogP contribution is 2.22. The molecule has 3 rings (SSSR count). The number of sulfonamides is 1. The van der Waals surface area contributed by atoms with Crippen LogP contribution >= 0.6 is 0 Å². The average molecular weight is 456 g/mol. The number of hydrogen-bond donors (Lipinski definition) is 1. The molecule has 2 aromatic carbocycles. The summed E-state index contributed by atoms with van der Waals surface area (Å²) in [5.74, 6) is -0.903. The van der Waals surface area contributed by atoms with Gasteiger partial charge in [-0.15, -0.1) is 0 Å². The van der Waals surface area contributed by atoms with Gasteiger partial charge in [0.25, 0.3) is 0 Å². The fraction of sp³-hybridized carbons (Fsp3) is 0.217. The molecule has 0 unspecified atom stereocenters. The number of hydrogen-bond acceptors (Lipinski definition) is 6. The second-order valence-corrected chi connectivity index (χ2v) is 9.16. The first-order valence-electron chi connectivity index (χ1n) is 9.79. The molecule has 8 nitrogen and oxygen atoms in total. The second kappa shape index (κ2) is 8.97. The number of nitrogens with two attached hydrogens (primary N) is 1. The Kier molecular flexibility index (Phi) is 6.52. The zero-order valence-corrected chi connectivity index (χ0v) is 19.1. The first-order valence-corrected chi connectivity index (χ1v) is 11.3. The first kappa shape index (κ1) is 23.2. The van der Waals surface area contributed by atoms with E-state index in [-0.39, 0.29) is 17.3 Å². The van der Waals surface area contributed by atoms with E-state index in [1.807, 2.05) is 30.5 Å². The SMILES string of the molecule is Cc1cc(C(=O)COC(=O)c2ccc(N(C)C)cc2)c(C)n1-c1ccc(S(N)(=O)=O)cc1. The summed E-state index contributed by atoms with van der Waals surface area (Å²) in [5, 5.41) is 5.15. The summed E-state index contributed by atoms with van der Waals surface area (Å²) < 4.78 is 30.0. The number of esters is 1. The topological polar surface area (TPSA) is 112 Å². The summed E-state index contributed by atoms with van der Waals surface area (Å²) in [4.78, 5) is 27.0. The Morgan fingerprint density at radius 2 is 1.59 bits per heavy atom. The molecule has 2 N–H and O–H groups in total. The van der Waals surface area contributed by atoms with Gasteiger partial charge in [0, 0.05) is 42.4 Å². The molecule has 0 aliphatic rings. The lowest BCUT2D eigenvalue weighted by Gasteiger charge is -2.12. The third kappa shape index (κ3) is 4.90. The maximum Gasteiger partial charge on any atom is 0.338 e. The lowest BCUT2D eigenvalue weighted by atomic mass is 10.1. The molecule has 3 aromatic rings. The minimum atomic E-state index is -3.79. The third-order valence-electron chi connectivity index (χ3n) is 5.11. The quantitative estimate of drug-likeness (QED) is 0.433. The number of rotatable bonds is 7. The minimum absolute atomic E-state index is 0.00513. The Morgan fingerprint density at radius 3 is 2.12 bits per heavy atom. The van der Waals surface area contributed by atoms with Crippen molar-refractivity contribution in [2.75, 3.05) is 25.6 Å². The Balaban J connectivity index is 1.75. The van der Waals surface area contributed by atoms with E-state index in [1.165, 1.54) is 12.1 Å². The van der Waals surface area contributed by atoms with E-state index >= 15 is 0 Å². The number of aryl methyl sites for hydroxylation is 1. The van der Waals surface area contributed by atoms with E-state index in [0.29, 0.717) is 22.5 Å². The minimum Gasteiger partial charge on any atom is -0.454 e. The van der Waals surface area contributed by atoms with Crippen LogP contribution in [-0.4, -0.2) is 45.4 Å². The van der Waals surface area contributed by atoms with Crippen LogP contribution in [-0.2, 0) is 14.8 Å². The van der Waals surface area contributed by atoms with Crippen LogP contribution in [0.25, 0.3) is 5.69 Å². The molecule has 32 heavy (non-hydrogen) atoms. The summed E-state index contributed by atoms with van der Waals surface area (Å²) in [7, 11) is 0.00978. The standard InChI is InChI=1S/C23H25N3O5S/c1-15-13-21(16(2)26(15)19-9-11-20(12-10-19)32(24,29)30)22(27)14-31-23(28)17-5-7-18(8-6-17)25(3)4/h5-13H,14H2,1-4H3,(H2,24,29,30). The Bertz CT molecular complexity index is 1260. The third-order valence-corrected chi connectivity index (χ3v) is 6.04. The number of carbonyl (C=O) groups excluding carboxylic acids is 2. The van der Waals surface area contributed by atoms with Crippen molar-refractivity contribution >= 4 is 27.5 Å². The fourth-order valence-corrected chi connectivity index (χ4v) is 3.93. The highest BCUT2D eigenvalue weighted by atomic mass is 32.2. The lowest BCUT2D eigenvalue weighted by molar-refractivity contribution is 0.0474. The summed E-state index contributed by atoms with van der Waals surface area (Å²) in [5.41, 5.74) is 3.85. The van der Waals surface area contributed by atoms with Gasteiger partial charge in [0.2, 0.25) is 15.8 Å². The molecule has 0 amide bonds. The van der Waals surface area contributed by atoms with Crippen LogP contribution in [0.3, 0.4) is 0 Å². The Morgan fingerprint density at radius 1 is 1.00 bits per heavy atom. The molecule has 0 aliphatic carbocycles. The molecule has 0 aliphatic heterocycles. The van der Waals surface area contributed by atoms with Gasteiger partial charge in [-0.2, -0.15) is 0 Å². The summed E-state index contributed by atoms with van der Waals surface area (Å²) >= 11 is 0. The normalized spacial score (nSPS) is 11.3. The van der Waals surface area contributed by atoms with Gasteiger partial charge < -0.3 is 14.2 Å². The monoisotopic (exact) mass is 455 g/mol. The largest absolute Gasteiger partial charge is 0.454 e. The number of benzene rings is 2. The molecule has 0 radical (unpaired) electrons. The number of nitrogens with zero attached hydrogens (tertiary/aromatic N) is 2. The predicted octanol–water partition coefficient (Wildman–Crippen LogP) is 2.85. The van der Waals surface area contributed by atoms with Crippen LogP contribution in [0, 0.1) is 13.8 Å². The van der Waals surface area contributed by atoms with E-state index in [1.54, 1.807) is 49.4 Å². The van der Waals surface area contributed by atoms with Crippen molar-refractivity contribution in [3.8, 4) is 5.69 Å². The number of primary sulfonamides is 1. The van der Waals surface area contributed by atoms with Gasteiger partial charge in [-0.05, 0) is 68.4 Å². The molecule has 0 saturated heterocycles. The highest BCUT2D eigenvalue weighted by molar-refractivity contribution is 7.89. The number of aromatic nitrogens is 1. The fourth-order valence-electron chi connectivity index (χ4n) is 3.42. The molecule has 0 bridgehead atoms. The maximum atomic E-state index is 12.7. The first-order chi connectivity index (χ1) is 15.0. The van der Waals surface area contributed by atoms with Crippen molar-refractivity contribution in [1.29, 1.82) is 0 Å². The van der Waals surface area contributed by atoms with Crippen LogP contribution in [0.4, 0.5) is 5.69 Å². The molecule has 0 fully saturated rings. The van der Waals surface area contributed by atoms with E-state index < -0.39 is 16.0 Å². The van der Waals surface area contributed by atoms with Crippen LogP contribution in [0.2, 0.25) is 0 Å². The molecule has 168 valence electrons. The van der Waals surface area contributed by atoms with Crippen molar-refractivity contribution < 1.29 is 22.7 Å². The molecule has 0 saturated carbocycles. The van der Waals surface area contributed by atoms with Crippen LogP contribution < -0.4 is 10.0 Å². The average Bonchev–Trinajstić information content (AvgIpc) is 3.05. The van der Waals surface area contributed by atoms with Gasteiger partial charge in [-0.25, -0.2) is 18.4 Å². The Hall–Kier alpha value is -3.43. The number of ketones is 1. The van der Waals surface area contributed by atoms with Gasteiger partial charge >= 0.3 is 5.97 Å². The molecular weight excluding hydrogens is 430 g/mol. The van der Waals surface area contributed by atoms with Crippen molar-refractivity contribution in [1.82, 2.24) is 4.57 Å². The van der Waals surface area contributed by atoms with E-state index in [0.717, 1.165) is 11.4 Å². The van der Waals surface area contributed by atoms with E-state index in [9.17, 15) is 18.0 Å². The number of Topliss-reactive ketones (excluding diaryl/α,β-unsaturated/α-hetero) is 1. The summed E-state index contributed by atoms with van der Waals surface area (Å²) in [6.45, 7) is 3.22. The van der Waals surface area contributed by atoms with Gasteiger partial charge in [0.05, 0.1) is 10.5 Å². The van der Waals surface area contributed by atoms with Crippen molar-refractivity contribution in [2.24, 2.45) is 5.14 Å². The molecular formula is C23H25N3O5S. The number of anilines is 1. The van der Waals surface area contributed by atoms with Crippen molar-refractivity contribution in [3.05, 3.63) is 77.1 Å². The van der Waals surface area contributed by atoms with Gasteiger partial charge in [-0.3, -0.25) is 4.79 Å². The van der Waals surface area contributed by atoms with Gasteiger partial charge in [-0.1, -0.05) is 0 Å². The zero-order valence-electron chi connectivity index (χ0n) is 18.3. The van der Waals surface area contributed by atoms with Crippen LogP contribution in [0.15, 0.2) is 59.5 Å². The van der Waals surface area contributed by atoms with Crippen molar-refractivity contribution in [3.63, 3.8) is 0 Å². The summed E-state index contributed by atoms with van der Waals surface area (Å²) in [6, 6.07) is 14.7. The molecule has 1 aromatic heterocycles. The number of ether oxygens (including phenoxy) is 1. The maximum absolute atomic E-state index is 12.7. The smallest absolute Gasteiger partial charge is 0.338 e.